The molecule has 0 aromatic heterocycles. The number of carbonyl (C=O) groups excluding carboxylic acids is 1. The van der Waals surface area contributed by atoms with Crippen LogP contribution in [0.15, 0.2) is 12.2 Å². The maximum Gasteiger partial charge on any atom is 0.384 e. The highest BCUT2D eigenvalue weighted by molar-refractivity contribution is 5.88. The first-order valence-electron chi connectivity index (χ1n) is 4.53. The summed E-state index contributed by atoms with van der Waals surface area (Å²) in [6, 6.07) is 0. The van der Waals surface area contributed by atoms with Crippen molar-refractivity contribution >= 4 is 5.97 Å². The first-order chi connectivity index (χ1) is 6.31. The fourth-order valence-corrected chi connectivity index (χ4v) is 0.756. The zero-order valence-electron chi connectivity index (χ0n) is 8.30. The van der Waals surface area contributed by atoms with E-state index in [1.165, 1.54) is 20.0 Å². The molecule has 72 valence electrons. The van der Waals surface area contributed by atoms with Crippen molar-refractivity contribution in [1.82, 2.24) is 0 Å². The molecule has 0 rings (SSSR count). The molecule has 0 radical (unpaired) electrons. The molecular formula is C11H16O2. The van der Waals surface area contributed by atoms with Crippen LogP contribution < -0.4 is 0 Å². The summed E-state index contributed by atoms with van der Waals surface area (Å²) >= 11 is 0. The molecule has 2 nitrogen and oxygen atoms in total. The minimum atomic E-state index is -0.470. The Kier molecular flexibility index (Phi) is 8.02. The molecular weight excluding hydrogens is 164 g/mol. The summed E-state index contributed by atoms with van der Waals surface area (Å²) in [6.07, 6.45) is 8.20. The van der Waals surface area contributed by atoms with E-state index in [4.69, 9.17) is 0 Å². The van der Waals surface area contributed by atoms with E-state index in [1.54, 1.807) is 0 Å². The molecule has 0 saturated carbocycles. The molecule has 2 heteroatoms. The summed E-state index contributed by atoms with van der Waals surface area (Å²) in [4.78, 5) is 10.5. The average molecular weight is 180 g/mol. The fraction of sp³-hybridized carbons (Fsp3) is 0.545. The number of ether oxygens (including phenoxy) is 1. The highest BCUT2D eigenvalue weighted by Gasteiger charge is 1.86. The van der Waals surface area contributed by atoms with Crippen molar-refractivity contribution in [2.24, 2.45) is 0 Å². The van der Waals surface area contributed by atoms with Gasteiger partial charge in [-0.25, -0.2) is 4.79 Å². The number of methoxy groups -OCH3 is 1. The minimum Gasteiger partial charge on any atom is -0.459 e. The third kappa shape index (κ3) is 8.68. The monoisotopic (exact) mass is 180 g/mol. The van der Waals surface area contributed by atoms with Crippen molar-refractivity contribution in [3.8, 4) is 11.8 Å². The van der Waals surface area contributed by atoms with Crippen molar-refractivity contribution in [1.29, 1.82) is 0 Å². The second kappa shape index (κ2) is 8.86. The number of carbonyl (C=O) groups is 1. The van der Waals surface area contributed by atoms with Crippen LogP contribution in [-0.2, 0) is 9.53 Å². The highest BCUT2D eigenvalue weighted by Crippen LogP contribution is 1.95. The Bertz CT molecular complexity index is 218. The van der Waals surface area contributed by atoms with E-state index >= 15 is 0 Å². The zero-order valence-corrected chi connectivity index (χ0v) is 8.30. The van der Waals surface area contributed by atoms with Crippen LogP contribution >= 0.6 is 0 Å². The second-order valence-corrected chi connectivity index (χ2v) is 2.61. The molecule has 0 amide bonds. The van der Waals surface area contributed by atoms with E-state index in [-0.39, 0.29) is 0 Å². The van der Waals surface area contributed by atoms with Gasteiger partial charge in [0.1, 0.15) is 0 Å². The van der Waals surface area contributed by atoms with Crippen molar-refractivity contribution < 1.29 is 9.53 Å². The van der Waals surface area contributed by atoms with Crippen molar-refractivity contribution in [2.75, 3.05) is 7.11 Å². The molecule has 0 spiro atoms. The third-order valence-corrected chi connectivity index (χ3v) is 1.49. The average Bonchev–Trinajstić information content (AvgIpc) is 2.16. The lowest BCUT2D eigenvalue weighted by atomic mass is 10.2. The Balaban J connectivity index is 3.46. The quantitative estimate of drug-likeness (QED) is 0.218. The zero-order chi connectivity index (χ0) is 9.94. The molecule has 0 aliphatic carbocycles. The molecule has 0 atom stereocenters. The van der Waals surface area contributed by atoms with Crippen LogP contribution in [0.25, 0.3) is 0 Å². The van der Waals surface area contributed by atoms with Gasteiger partial charge in [0.05, 0.1) is 7.11 Å². The number of rotatable bonds is 4. The molecule has 0 bridgehead atoms. The SMILES string of the molecule is CCCC/C=C/CC#CC(=O)OC. The summed E-state index contributed by atoms with van der Waals surface area (Å²) in [5.74, 6) is 4.59. The number of allylic oxidation sites excluding steroid dienone is 2. The molecule has 0 unspecified atom stereocenters. The summed E-state index contributed by atoms with van der Waals surface area (Å²) in [5.41, 5.74) is 0. The number of unbranched alkanes of at least 4 members (excludes halogenated alkanes) is 2. The lowest BCUT2D eigenvalue weighted by Crippen LogP contribution is -1.93. The van der Waals surface area contributed by atoms with Crippen LogP contribution in [-0.4, -0.2) is 13.1 Å². The molecule has 0 aliphatic rings. The summed E-state index contributed by atoms with van der Waals surface area (Å²) in [5, 5.41) is 0. The number of esters is 1. The van der Waals surface area contributed by atoms with Crippen LogP contribution in [0.3, 0.4) is 0 Å². The predicted molar refractivity (Wildman–Crippen MR) is 53.1 cm³/mol. The maximum absolute atomic E-state index is 10.5. The fourth-order valence-electron chi connectivity index (χ4n) is 0.756. The van der Waals surface area contributed by atoms with Gasteiger partial charge in [-0.05, 0) is 6.42 Å². The van der Waals surface area contributed by atoms with Gasteiger partial charge < -0.3 is 4.74 Å². The molecule has 0 heterocycles. The lowest BCUT2D eigenvalue weighted by molar-refractivity contribution is -0.133. The van der Waals surface area contributed by atoms with Gasteiger partial charge in [0.2, 0.25) is 0 Å². The lowest BCUT2D eigenvalue weighted by Gasteiger charge is -1.86. The van der Waals surface area contributed by atoms with Crippen LogP contribution in [0.1, 0.15) is 32.6 Å². The van der Waals surface area contributed by atoms with E-state index in [1.807, 2.05) is 6.08 Å². The number of hydrogen-bond acceptors (Lipinski definition) is 2. The Labute approximate surface area is 80.0 Å². The van der Waals surface area contributed by atoms with Crippen molar-refractivity contribution in [3.05, 3.63) is 12.2 Å². The van der Waals surface area contributed by atoms with Crippen LogP contribution in [0.4, 0.5) is 0 Å². The van der Waals surface area contributed by atoms with Crippen molar-refractivity contribution in [3.63, 3.8) is 0 Å². The van der Waals surface area contributed by atoms with Gasteiger partial charge in [-0.15, -0.1) is 0 Å². The first kappa shape index (κ1) is 11.8. The normalized spacial score (nSPS) is 9.38. The Morgan fingerprint density at radius 2 is 2.23 bits per heavy atom. The highest BCUT2D eigenvalue weighted by atomic mass is 16.5. The van der Waals surface area contributed by atoms with E-state index in [0.29, 0.717) is 6.42 Å². The van der Waals surface area contributed by atoms with Gasteiger partial charge >= 0.3 is 5.97 Å². The summed E-state index contributed by atoms with van der Waals surface area (Å²) in [6.45, 7) is 2.16. The predicted octanol–water partition coefficient (Wildman–Crippen LogP) is 2.30. The largest absolute Gasteiger partial charge is 0.459 e. The maximum atomic E-state index is 10.5. The van der Waals surface area contributed by atoms with E-state index < -0.39 is 5.97 Å². The Morgan fingerprint density at radius 1 is 1.46 bits per heavy atom. The summed E-state index contributed by atoms with van der Waals surface area (Å²) < 4.78 is 4.36. The van der Waals surface area contributed by atoms with Crippen molar-refractivity contribution in [2.45, 2.75) is 32.6 Å². The van der Waals surface area contributed by atoms with Gasteiger partial charge in [-0.2, -0.15) is 0 Å². The standard InChI is InChI=1S/C11H16O2/c1-3-4-5-6-7-8-9-10-11(12)13-2/h6-7H,3-5,8H2,1-2H3/b7-6+. The Morgan fingerprint density at radius 3 is 2.85 bits per heavy atom. The third-order valence-electron chi connectivity index (χ3n) is 1.49. The first-order valence-corrected chi connectivity index (χ1v) is 4.53. The van der Waals surface area contributed by atoms with E-state index in [2.05, 4.69) is 29.6 Å². The van der Waals surface area contributed by atoms with Crippen LogP contribution in [0, 0.1) is 11.8 Å². The van der Waals surface area contributed by atoms with Crippen LogP contribution in [0.2, 0.25) is 0 Å². The molecule has 0 aromatic rings. The summed E-state index contributed by atoms with van der Waals surface area (Å²) in [7, 11) is 1.33. The molecule has 0 saturated heterocycles. The topological polar surface area (TPSA) is 26.3 Å². The molecule has 0 fully saturated rings. The van der Waals surface area contributed by atoms with E-state index in [0.717, 1.165) is 6.42 Å². The molecule has 0 aliphatic heterocycles. The molecule has 13 heavy (non-hydrogen) atoms. The molecule has 0 aromatic carbocycles. The van der Waals surface area contributed by atoms with Gasteiger partial charge in [-0.3, -0.25) is 0 Å². The van der Waals surface area contributed by atoms with Gasteiger partial charge in [-0.1, -0.05) is 37.8 Å². The van der Waals surface area contributed by atoms with E-state index in [9.17, 15) is 4.79 Å². The van der Waals surface area contributed by atoms with Gasteiger partial charge in [0.25, 0.3) is 0 Å². The smallest absolute Gasteiger partial charge is 0.384 e. The van der Waals surface area contributed by atoms with Gasteiger partial charge in [0.15, 0.2) is 0 Å². The Hall–Kier alpha value is -1.23. The van der Waals surface area contributed by atoms with Crippen LogP contribution in [0.5, 0.6) is 0 Å². The second-order valence-electron chi connectivity index (χ2n) is 2.61. The molecule has 0 N–H and O–H groups in total. The van der Waals surface area contributed by atoms with Gasteiger partial charge in [0, 0.05) is 12.3 Å². The number of hydrogen-bond donors (Lipinski definition) is 0. The minimum absolute atomic E-state index is 0.470.